The maximum Gasteiger partial charge on any atom is 0.221 e. The van der Waals surface area contributed by atoms with Gasteiger partial charge in [0.1, 0.15) is 0 Å². The normalized spacial score (nSPS) is 10.3. The van der Waals surface area contributed by atoms with Gasteiger partial charge in [0, 0.05) is 32.0 Å². The topological polar surface area (TPSA) is 50.4 Å². The largest absolute Gasteiger partial charge is 0.383 e. The molecule has 1 rings (SSSR count). The van der Waals surface area contributed by atoms with Crippen molar-refractivity contribution in [1.82, 2.24) is 5.32 Å². The number of ether oxygens (including phenoxy) is 1. The van der Waals surface area contributed by atoms with E-state index in [1.54, 1.807) is 18.4 Å². The summed E-state index contributed by atoms with van der Waals surface area (Å²) in [6.45, 7) is 3.78. The van der Waals surface area contributed by atoms with E-state index in [4.69, 9.17) is 4.74 Å². The van der Waals surface area contributed by atoms with Gasteiger partial charge in [-0.2, -0.15) is 0 Å². The Labute approximate surface area is 93.6 Å². The Morgan fingerprint density at radius 3 is 3.07 bits per heavy atom. The first-order valence-corrected chi connectivity index (χ1v) is 5.65. The molecule has 1 aromatic rings. The fourth-order valence-corrected chi connectivity index (χ4v) is 1.95. The molecule has 0 atom stereocenters. The van der Waals surface area contributed by atoms with Gasteiger partial charge in [0.15, 0.2) is 0 Å². The van der Waals surface area contributed by atoms with Crippen molar-refractivity contribution in [2.45, 2.75) is 13.5 Å². The van der Waals surface area contributed by atoms with Gasteiger partial charge in [0.05, 0.1) is 12.3 Å². The number of rotatable bonds is 6. The number of nitrogens with one attached hydrogen (secondary N) is 2. The van der Waals surface area contributed by atoms with Crippen LogP contribution in [0.25, 0.3) is 0 Å². The molecule has 2 N–H and O–H groups in total. The molecule has 0 radical (unpaired) electrons. The molecular weight excluding hydrogens is 212 g/mol. The van der Waals surface area contributed by atoms with Crippen molar-refractivity contribution in [3.63, 3.8) is 0 Å². The number of hydrogen-bond acceptors (Lipinski definition) is 4. The van der Waals surface area contributed by atoms with Crippen LogP contribution in [0.2, 0.25) is 0 Å². The lowest BCUT2D eigenvalue weighted by Crippen LogP contribution is -2.19. The molecule has 0 fully saturated rings. The molecule has 0 aromatic carbocycles. The minimum atomic E-state index is -0.0356. The first-order valence-electron chi connectivity index (χ1n) is 4.77. The van der Waals surface area contributed by atoms with Crippen LogP contribution in [0.15, 0.2) is 11.4 Å². The zero-order valence-electron chi connectivity index (χ0n) is 9.00. The maximum absolute atomic E-state index is 10.9. The van der Waals surface area contributed by atoms with Gasteiger partial charge in [-0.3, -0.25) is 4.79 Å². The molecule has 1 amide bonds. The predicted octanol–water partition coefficient (Wildman–Crippen LogP) is 1.44. The molecular formula is C10H16N2O2S. The van der Waals surface area contributed by atoms with E-state index in [9.17, 15) is 4.79 Å². The Balaban J connectivity index is 2.39. The highest BCUT2D eigenvalue weighted by molar-refractivity contribution is 7.10. The SMILES string of the molecule is COCCNCc1sccc1NC(C)=O. The van der Waals surface area contributed by atoms with Crippen LogP contribution in [0.5, 0.6) is 0 Å². The number of thiophene rings is 1. The van der Waals surface area contributed by atoms with Crippen LogP contribution in [-0.4, -0.2) is 26.2 Å². The lowest BCUT2D eigenvalue weighted by molar-refractivity contribution is -0.114. The van der Waals surface area contributed by atoms with Gasteiger partial charge in [0.2, 0.25) is 5.91 Å². The van der Waals surface area contributed by atoms with Gasteiger partial charge in [-0.25, -0.2) is 0 Å². The molecule has 0 aliphatic carbocycles. The first kappa shape index (κ1) is 12.2. The average molecular weight is 228 g/mol. The van der Waals surface area contributed by atoms with E-state index in [0.29, 0.717) is 6.61 Å². The molecule has 84 valence electrons. The van der Waals surface area contributed by atoms with Crippen molar-refractivity contribution in [2.75, 3.05) is 25.6 Å². The van der Waals surface area contributed by atoms with Crippen molar-refractivity contribution in [3.8, 4) is 0 Å². The van der Waals surface area contributed by atoms with Crippen LogP contribution in [0.4, 0.5) is 5.69 Å². The molecule has 0 spiro atoms. The molecule has 15 heavy (non-hydrogen) atoms. The van der Waals surface area contributed by atoms with Gasteiger partial charge < -0.3 is 15.4 Å². The lowest BCUT2D eigenvalue weighted by atomic mass is 10.3. The summed E-state index contributed by atoms with van der Waals surface area (Å²) in [6, 6.07) is 1.92. The monoisotopic (exact) mass is 228 g/mol. The van der Waals surface area contributed by atoms with Gasteiger partial charge in [-0.1, -0.05) is 0 Å². The molecule has 0 saturated carbocycles. The van der Waals surface area contributed by atoms with Crippen molar-refractivity contribution in [3.05, 3.63) is 16.3 Å². The third kappa shape index (κ3) is 4.42. The zero-order valence-corrected chi connectivity index (χ0v) is 9.82. The van der Waals surface area contributed by atoms with Crippen molar-refractivity contribution < 1.29 is 9.53 Å². The van der Waals surface area contributed by atoms with E-state index in [1.807, 2.05) is 11.4 Å². The second kappa shape index (κ2) is 6.55. The summed E-state index contributed by atoms with van der Waals surface area (Å²) < 4.78 is 4.93. The summed E-state index contributed by atoms with van der Waals surface area (Å²) in [6.07, 6.45) is 0. The third-order valence-corrected chi connectivity index (χ3v) is 2.75. The molecule has 4 nitrogen and oxygen atoms in total. The molecule has 0 unspecified atom stereocenters. The van der Waals surface area contributed by atoms with E-state index in [-0.39, 0.29) is 5.91 Å². The minimum absolute atomic E-state index is 0.0356. The minimum Gasteiger partial charge on any atom is -0.383 e. The highest BCUT2D eigenvalue weighted by Crippen LogP contribution is 2.21. The number of amides is 1. The number of carbonyl (C=O) groups is 1. The summed E-state index contributed by atoms with van der Waals surface area (Å²) in [5, 5.41) is 8.00. The van der Waals surface area contributed by atoms with Crippen LogP contribution in [0, 0.1) is 0 Å². The van der Waals surface area contributed by atoms with Crippen LogP contribution in [0.3, 0.4) is 0 Å². The number of hydrogen-bond donors (Lipinski definition) is 2. The molecule has 1 aromatic heterocycles. The van der Waals surface area contributed by atoms with Crippen LogP contribution >= 0.6 is 11.3 Å². The van der Waals surface area contributed by atoms with Crippen molar-refractivity contribution in [1.29, 1.82) is 0 Å². The van der Waals surface area contributed by atoms with Gasteiger partial charge in [-0.15, -0.1) is 11.3 Å². The van der Waals surface area contributed by atoms with Gasteiger partial charge >= 0.3 is 0 Å². The summed E-state index contributed by atoms with van der Waals surface area (Å²) in [7, 11) is 1.68. The van der Waals surface area contributed by atoms with Crippen LogP contribution < -0.4 is 10.6 Å². The molecule has 5 heteroatoms. The summed E-state index contributed by atoms with van der Waals surface area (Å²) in [5.41, 5.74) is 0.900. The summed E-state index contributed by atoms with van der Waals surface area (Å²) >= 11 is 1.63. The average Bonchev–Trinajstić information content (AvgIpc) is 2.59. The van der Waals surface area contributed by atoms with E-state index in [2.05, 4.69) is 10.6 Å². The van der Waals surface area contributed by atoms with Crippen molar-refractivity contribution >= 4 is 22.9 Å². The number of methoxy groups -OCH3 is 1. The quantitative estimate of drug-likeness (QED) is 0.724. The lowest BCUT2D eigenvalue weighted by Gasteiger charge is -2.05. The zero-order chi connectivity index (χ0) is 11.1. The summed E-state index contributed by atoms with van der Waals surface area (Å²) in [5.74, 6) is -0.0356. The van der Waals surface area contributed by atoms with E-state index < -0.39 is 0 Å². The fourth-order valence-electron chi connectivity index (χ4n) is 1.15. The van der Waals surface area contributed by atoms with Gasteiger partial charge in [0.25, 0.3) is 0 Å². The highest BCUT2D eigenvalue weighted by atomic mass is 32.1. The Kier molecular flexibility index (Phi) is 5.31. The molecule has 0 aliphatic rings. The standard InChI is InChI=1S/C10H16N2O2S/c1-8(13)12-9-3-6-15-10(9)7-11-4-5-14-2/h3,6,11H,4-5,7H2,1-2H3,(H,12,13). The second-order valence-corrected chi connectivity index (χ2v) is 4.11. The van der Waals surface area contributed by atoms with E-state index >= 15 is 0 Å². The Bertz CT molecular complexity index is 312. The molecule has 0 aliphatic heterocycles. The first-order chi connectivity index (χ1) is 7.24. The van der Waals surface area contributed by atoms with E-state index in [1.165, 1.54) is 6.92 Å². The van der Waals surface area contributed by atoms with E-state index in [0.717, 1.165) is 23.7 Å². The van der Waals surface area contributed by atoms with Crippen molar-refractivity contribution in [2.24, 2.45) is 0 Å². The number of carbonyl (C=O) groups excluding carboxylic acids is 1. The van der Waals surface area contributed by atoms with Crippen LogP contribution in [-0.2, 0) is 16.1 Å². The van der Waals surface area contributed by atoms with Crippen LogP contribution in [0.1, 0.15) is 11.8 Å². The highest BCUT2D eigenvalue weighted by Gasteiger charge is 2.04. The maximum atomic E-state index is 10.9. The smallest absolute Gasteiger partial charge is 0.221 e. The second-order valence-electron chi connectivity index (χ2n) is 3.11. The molecule has 0 saturated heterocycles. The van der Waals surface area contributed by atoms with Gasteiger partial charge in [-0.05, 0) is 11.4 Å². The molecule has 1 heterocycles. The number of anilines is 1. The Morgan fingerprint density at radius 2 is 2.40 bits per heavy atom. The third-order valence-electron chi connectivity index (χ3n) is 1.82. The Hall–Kier alpha value is -0.910. The fraction of sp³-hybridized carbons (Fsp3) is 0.500. The summed E-state index contributed by atoms with van der Waals surface area (Å²) in [4.78, 5) is 12.0. The Morgan fingerprint density at radius 1 is 1.60 bits per heavy atom. The molecule has 0 bridgehead atoms. The predicted molar refractivity (Wildman–Crippen MR) is 62.2 cm³/mol.